The summed E-state index contributed by atoms with van der Waals surface area (Å²) in [6.45, 7) is 0. The molecule has 0 saturated heterocycles. The maximum atomic E-state index is 12.7. The molecule has 6 N–H and O–H groups in total. The van der Waals surface area contributed by atoms with Crippen molar-refractivity contribution in [2.45, 2.75) is 30.8 Å². The third kappa shape index (κ3) is 11.2. The summed E-state index contributed by atoms with van der Waals surface area (Å²) in [6.07, 6.45) is 4.51. The number of aldehydes is 2. The number of carbonyl (C=O) groups excluding carboxylic acids is 4. The molecule has 52 heavy (non-hydrogen) atoms. The first-order chi connectivity index (χ1) is 25.4. The van der Waals surface area contributed by atoms with Crippen molar-refractivity contribution in [1.29, 1.82) is 0 Å². The van der Waals surface area contributed by atoms with E-state index in [1.54, 1.807) is 19.2 Å². The molecule has 9 nitrogen and oxygen atoms in total. The van der Waals surface area contributed by atoms with E-state index in [4.69, 9.17) is 10.8 Å². The third-order valence-electron chi connectivity index (χ3n) is 8.16. The molecule has 1 atom stereocenters. The van der Waals surface area contributed by atoms with E-state index < -0.39 is 5.54 Å². The molecule has 0 saturated carbocycles. The minimum Gasteiger partial charge on any atom is -0.400 e. The number of carbonyl (C=O) groups is 4. The first kappa shape index (κ1) is 40.3. The van der Waals surface area contributed by atoms with Crippen LogP contribution in [0.2, 0.25) is 0 Å². The summed E-state index contributed by atoms with van der Waals surface area (Å²) in [5.74, 6) is -0.485. The Morgan fingerprint density at radius 1 is 0.731 bits per heavy atom. The Bertz CT molecular complexity index is 1840. The van der Waals surface area contributed by atoms with Gasteiger partial charge in [0.15, 0.2) is 0 Å². The fourth-order valence-electron chi connectivity index (χ4n) is 5.64. The summed E-state index contributed by atoms with van der Waals surface area (Å²) in [6, 6.07) is 46.5. The summed E-state index contributed by atoms with van der Waals surface area (Å²) in [5, 5.41) is 14.3. The molecule has 0 spiro atoms. The van der Waals surface area contributed by atoms with E-state index in [1.807, 2.05) is 140 Å². The third-order valence-corrected chi connectivity index (χ3v) is 8.16. The second kappa shape index (κ2) is 21.8. The molecule has 0 aliphatic heterocycles. The number of primary amides is 1. The molecule has 1 aromatic heterocycles. The first-order valence-corrected chi connectivity index (χ1v) is 16.8. The number of hydrogen-bond donors (Lipinski definition) is 5. The second-order valence-corrected chi connectivity index (χ2v) is 11.4. The van der Waals surface area contributed by atoms with Crippen molar-refractivity contribution in [3.63, 3.8) is 0 Å². The van der Waals surface area contributed by atoms with Crippen LogP contribution in [0.15, 0.2) is 152 Å². The number of rotatable bonds is 12. The van der Waals surface area contributed by atoms with E-state index in [9.17, 15) is 19.2 Å². The number of aromatic amines is 1. The van der Waals surface area contributed by atoms with Gasteiger partial charge in [-0.25, -0.2) is 0 Å². The van der Waals surface area contributed by atoms with Crippen LogP contribution in [-0.2, 0) is 26.3 Å². The van der Waals surface area contributed by atoms with E-state index >= 15 is 0 Å². The number of aliphatic hydroxyl groups is 1. The number of likely N-dealkylation sites (N-methyl/N-ethyl adjacent to an activating group) is 1. The minimum absolute atomic E-state index is 0.159. The molecular weight excluding hydrogens is 652 g/mol. The molecule has 1 unspecified atom stereocenters. The summed E-state index contributed by atoms with van der Waals surface area (Å²) < 4.78 is 0. The molecule has 5 aromatic carbocycles. The van der Waals surface area contributed by atoms with Gasteiger partial charge >= 0.3 is 0 Å². The highest BCUT2D eigenvalue weighted by molar-refractivity contribution is 5.85. The minimum atomic E-state index is -0.816. The number of aromatic nitrogens is 1. The van der Waals surface area contributed by atoms with E-state index in [1.165, 1.54) is 0 Å². The highest BCUT2D eigenvalue weighted by Crippen LogP contribution is 2.36. The highest BCUT2D eigenvalue weighted by atomic mass is 16.2. The van der Waals surface area contributed by atoms with Crippen molar-refractivity contribution in [2.75, 3.05) is 14.2 Å². The van der Waals surface area contributed by atoms with Gasteiger partial charge in [0.2, 0.25) is 11.8 Å². The van der Waals surface area contributed by atoms with E-state index in [0.717, 1.165) is 58.4 Å². The Kier molecular flexibility index (Phi) is 16.9. The SMILES string of the molecule is CNC(Cc1c[nH]c2ccccc12)C(N)=O.CO.O=CCCC(=O)NC(c1ccccc1)(c1ccccc1)c1ccccc1.O=Cc1ccccc1. The number of aliphatic hydroxyl groups excluding tert-OH is 1. The molecule has 0 bridgehead atoms. The normalized spacial score (nSPS) is 10.8. The van der Waals surface area contributed by atoms with E-state index in [-0.39, 0.29) is 30.7 Å². The molecule has 6 aromatic rings. The zero-order chi connectivity index (χ0) is 37.6. The van der Waals surface area contributed by atoms with Crippen LogP contribution in [0.3, 0.4) is 0 Å². The van der Waals surface area contributed by atoms with Crippen LogP contribution in [-0.4, -0.2) is 54.7 Å². The number of amides is 2. The van der Waals surface area contributed by atoms with Gasteiger partial charge in [0, 0.05) is 42.6 Å². The average molecular weight is 699 g/mol. The van der Waals surface area contributed by atoms with Crippen LogP contribution in [0, 0.1) is 0 Å². The van der Waals surface area contributed by atoms with Crippen LogP contribution in [0.5, 0.6) is 0 Å². The molecule has 268 valence electrons. The van der Waals surface area contributed by atoms with Gasteiger partial charge in [0.1, 0.15) is 18.1 Å². The number of H-pyrrole nitrogens is 1. The fourth-order valence-corrected chi connectivity index (χ4v) is 5.64. The number of nitrogens with one attached hydrogen (secondary N) is 3. The molecule has 0 fully saturated rings. The van der Waals surface area contributed by atoms with Gasteiger partial charge in [0.05, 0.1) is 6.04 Å². The standard InChI is InChI=1S/C23H21NO2.C12H15N3O.C7H6O.CH4O/c25-18-10-17-22(26)24-23(19-11-4-1-5-12-19,20-13-6-2-7-14-20)21-15-8-3-9-16-21;1-14-11(12(13)16)6-8-7-15-10-5-3-2-4-9(8)10;8-6-7-4-2-1-3-5-7;1-2/h1-9,11-16,18H,10,17H2,(H,24,26);2-5,7,11,14-15H,6H2,1H3,(H2,13,16);1-6H;2H,1H3. The second-order valence-electron chi connectivity index (χ2n) is 11.4. The first-order valence-electron chi connectivity index (χ1n) is 16.8. The highest BCUT2D eigenvalue weighted by Gasteiger charge is 2.37. The monoisotopic (exact) mass is 698 g/mol. The molecule has 1 heterocycles. The Hall–Kier alpha value is -6.16. The number of hydrogen-bond acceptors (Lipinski definition) is 6. The Morgan fingerprint density at radius 2 is 1.19 bits per heavy atom. The van der Waals surface area contributed by atoms with Crippen molar-refractivity contribution in [1.82, 2.24) is 15.6 Å². The summed E-state index contributed by atoms with van der Waals surface area (Å²) in [4.78, 5) is 47.7. The zero-order valence-electron chi connectivity index (χ0n) is 29.4. The lowest BCUT2D eigenvalue weighted by Crippen LogP contribution is -2.47. The van der Waals surface area contributed by atoms with Gasteiger partial charge in [-0.3, -0.25) is 14.4 Å². The smallest absolute Gasteiger partial charge is 0.234 e. The number of fused-ring (bicyclic) bond motifs is 1. The number of benzene rings is 5. The molecular formula is C43H46N4O5. The molecule has 6 rings (SSSR count). The lowest BCUT2D eigenvalue weighted by molar-refractivity contribution is -0.123. The maximum Gasteiger partial charge on any atom is 0.234 e. The van der Waals surface area contributed by atoms with Gasteiger partial charge < -0.3 is 31.3 Å². The average Bonchev–Trinajstić information content (AvgIpc) is 3.63. The molecule has 9 heteroatoms. The quantitative estimate of drug-likeness (QED) is 0.0785. The summed E-state index contributed by atoms with van der Waals surface area (Å²) in [7, 11) is 2.74. The Balaban J connectivity index is 0.000000236. The van der Waals surface area contributed by atoms with Crippen molar-refractivity contribution in [2.24, 2.45) is 5.73 Å². The van der Waals surface area contributed by atoms with Crippen LogP contribution in [0.4, 0.5) is 0 Å². The predicted octanol–water partition coefficient (Wildman–Crippen LogP) is 5.97. The van der Waals surface area contributed by atoms with Crippen LogP contribution in [0.1, 0.15) is 45.5 Å². The number of para-hydroxylation sites is 1. The van der Waals surface area contributed by atoms with Gasteiger partial charge in [-0.1, -0.05) is 140 Å². The Morgan fingerprint density at radius 3 is 1.62 bits per heavy atom. The molecule has 0 radical (unpaired) electrons. The predicted molar refractivity (Wildman–Crippen MR) is 207 cm³/mol. The van der Waals surface area contributed by atoms with Gasteiger partial charge in [-0.05, 0) is 41.8 Å². The van der Waals surface area contributed by atoms with Crippen LogP contribution < -0.4 is 16.4 Å². The van der Waals surface area contributed by atoms with Crippen molar-refractivity contribution < 1.29 is 24.3 Å². The van der Waals surface area contributed by atoms with Gasteiger partial charge in [0.25, 0.3) is 0 Å². The summed E-state index contributed by atoms with van der Waals surface area (Å²) >= 11 is 0. The maximum absolute atomic E-state index is 12.7. The fraction of sp³-hybridized carbons (Fsp3) is 0.163. The van der Waals surface area contributed by atoms with Crippen LogP contribution in [0.25, 0.3) is 10.9 Å². The lowest BCUT2D eigenvalue weighted by Gasteiger charge is -2.37. The van der Waals surface area contributed by atoms with Gasteiger partial charge in [-0.15, -0.1) is 0 Å². The van der Waals surface area contributed by atoms with Crippen LogP contribution >= 0.6 is 0 Å². The lowest BCUT2D eigenvalue weighted by atomic mass is 9.77. The molecule has 0 aliphatic carbocycles. The Labute approximate surface area is 304 Å². The summed E-state index contributed by atoms with van der Waals surface area (Å²) in [5.41, 5.74) is 10.3. The van der Waals surface area contributed by atoms with E-state index in [2.05, 4.69) is 15.6 Å². The number of nitrogens with two attached hydrogens (primary N) is 1. The van der Waals surface area contributed by atoms with Crippen molar-refractivity contribution >= 4 is 35.3 Å². The largest absolute Gasteiger partial charge is 0.400 e. The van der Waals surface area contributed by atoms with Crippen molar-refractivity contribution in [3.8, 4) is 0 Å². The van der Waals surface area contributed by atoms with Gasteiger partial charge in [-0.2, -0.15) is 0 Å². The topological polar surface area (TPSA) is 154 Å². The molecule has 2 amide bonds. The van der Waals surface area contributed by atoms with Crippen molar-refractivity contribution in [3.05, 3.63) is 180 Å². The zero-order valence-corrected chi connectivity index (χ0v) is 29.4. The molecule has 0 aliphatic rings. The van der Waals surface area contributed by atoms with E-state index in [0.29, 0.717) is 6.42 Å².